The summed E-state index contributed by atoms with van der Waals surface area (Å²) in [5, 5.41) is 17.5. The van der Waals surface area contributed by atoms with Gasteiger partial charge in [0, 0.05) is 0 Å². The topological polar surface area (TPSA) is 74.6 Å². The number of aliphatic carboxylic acids is 2. The molecule has 4 heteroatoms. The van der Waals surface area contributed by atoms with Crippen molar-refractivity contribution in [1.29, 1.82) is 0 Å². The van der Waals surface area contributed by atoms with E-state index >= 15 is 0 Å². The molecular formula is C12H14O4. The lowest BCUT2D eigenvalue weighted by Gasteiger charge is -2.11. The van der Waals surface area contributed by atoms with Crippen LogP contribution in [0, 0.1) is 12.8 Å². The highest BCUT2D eigenvalue weighted by Gasteiger charge is 2.21. The number of carbonyl (C=O) groups is 2. The van der Waals surface area contributed by atoms with Gasteiger partial charge in [-0.05, 0) is 24.5 Å². The predicted octanol–water partition coefficient (Wildman–Crippen LogP) is 1.71. The molecule has 0 fully saturated rings. The molecule has 16 heavy (non-hydrogen) atoms. The summed E-state index contributed by atoms with van der Waals surface area (Å²) in [5.74, 6) is -3.01. The fraction of sp³-hybridized carbons (Fsp3) is 0.333. The van der Waals surface area contributed by atoms with Crippen LogP contribution in [0.5, 0.6) is 0 Å². The van der Waals surface area contributed by atoms with Crippen LogP contribution in [0.4, 0.5) is 0 Å². The summed E-state index contributed by atoms with van der Waals surface area (Å²) < 4.78 is 0. The van der Waals surface area contributed by atoms with E-state index in [1.165, 1.54) is 0 Å². The summed E-state index contributed by atoms with van der Waals surface area (Å²) in [6.45, 7) is 1.88. The minimum atomic E-state index is -1.08. The summed E-state index contributed by atoms with van der Waals surface area (Å²) in [6, 6.07) is 7.40. The van der Waals surface area contributed by atoms with E-state index in [0.717, 1.165) is 11.1 Å². The van der Waals surface area contributed by atoms with E-state index in [1.54, 1.807) is 0 Å². The minimum absolute atomic E-state index is 0.258. The highest BCUT2D eigenvalue weighted by atomic mass is 16.4. The fourth-order valence-corrected chi connectivity index (χ4v) is 1.56. The van der Waals surface area contributed by atoms with Crippen molar-refractivity contribution in [2.45, 2.75) is 19.8 Å². The Bertz CT molecular complexity index is 398. The number of aryl methyl sites for hydroxylation is 1. The van der Waals surface area contributed by atoms with Gasteiger partial charge in [0.2, 0.25) is 0 Å². The van der Waals surface area contributed by atoms with E-state index in [0.29, 0.717) is 0 Å². The van der Waals surface area contributed by atoms with Gasteiger partial charge in [0.1, 0.15) is 0 Å². The molecule has 0 aliphatic rings. The Hall–Kier alpha value is -1.84. The highest BCUT2D eigenvalue weighted by Crippen LogP contribution is 2.16. The second-order valence-corrected chi connectivity index (χ2v) is 3.76. The average Bonchev–Trinajstić information content (AvgIpc) is 2.19. The molecule has 4 nitrogen and oxygen atoms in total. The second kappa shape index (κ2) is 5.30. The largest absolute Gasteiger partial charge is 0.481 e. The van der Waals surface area contributed by atoms with Gasteiger partial charge in [0.15, 0.2) is 0 Å². The van der Waals surface area contributed by atoms with Crippen LogP contribution < -0.4 is 0 Å². The second-order valence-electron chi connectivity index (χ2n) is 3.76. The minimum Gasteiger partial charge on any atom is -0.481 e. The number of carboxylic acids is 2. The monoisotopic (exact) mass is 222 g/mol. The van der Waals surface area contributed by atoms with E-state index < -0.39 is 17.9 Å². The average molecular weight is 222 g/mol. The first-order valence-corrected chi connectivity index (χ1v) is 5.00. The van der Waals surface area contributed by atoms with Gasteiger partial charge in [-0.3, -0.25) is 9.59 Å². The molecule has 0 bridgehead atoms. The number of rotatable bonds is 5. The number of benzene rings is 1. The van der Waals surface area contributed by atoms with Crippen LogP contribution in [0.2, 0.25) is 0 Å². The SMILES string of the molecule is Cc1ccccc1C[C@H](CC(=O)O)C(=O)O. The molecular weight excluding hydrogens is 208 g/mol. The van der Waals surface area contributed by atoms with Gasteiger partial charge >= 0.3 is 11.9 Å². The van der Waals surface area contributed by atoms with Crippen molar-refractivity contribution < 1.29 is 19.8 Å². The lowest BCUT2D eigenvalue weighted by molar-refractivity contribution is -0.148. The van der Waals surface area contributed by atoms with Crippen LogP contribution in [-0.2, 0) is 16.0 Å². The smallest absolute Gasteiger partial charge is 0.307 e. The molecule has 1 aromatic carbocycles. The maximum Gasteiger partial charge on any atom is 0.307 e. The molecule has 0 saturated carbocycles. The molecule has 1 atom stereocenters. The van der Waals surface area contributed by atoms with Crippen LogP contribution in [0.15, 0.2) is 24.3 Å². The van der Waals surface area contributed by atoms with Crippen molar-refractivity contribution in [3.05, 3.63) is 35.4 Å². The van der Waals surface area contributed by atoms with Gasteiger partial charge in [0.05, 0.1) is 12.3 Å². The lowest BCUT2D eigenvalue weighted by atomic mass is 9.94. The first-order valence-electron chi connectivity index (χ1n) is 5.00. The standard InChI is InChI=1S/C12H14O4/c1-8-4-2-3-5-9(8)6-10(12(15)16)7-11(13)14/h2-5,10H,6-7H2,1H3,(H,13,14)(H,15,16)/t10-/m1/s1. The quantitative estimate of drug-likeness (QED) is 0.795. The van der Waals surface area contributed by atoms with Crippen LogP contribution in [0.25, 0.3) is 0 Å². The van der Waals surface area contributed by atoms with Crippen LogP contribution >= 0.6 is 0 Å². The zero-order chi connectivity index (χ0) is 12.1. The van der Waals surface area contributed by atoms with Crippen LogP contribution in [0.1, 0.15) is 17.5 Å². The third-order valence-electron chi connectivity index (χ3n) is 2.50. The van der Waals surface area contributed by atoms with Gasteiger partial charge in [0.25, 0.3) is 0 Å². The Morgan fingerprint density at radius 3 is 2.38 bits per heavy atom. The zero-order valence-corrected chi connectivity index (χ0v) is 9.01. The molecule has 1 aromatic rings. The fourth-order valence-electron chi connectivity index (χ4n) is 1.56. The summed E-state index contributed by atoms with van der Waals surface area (Å²) in [4.78, 5) is 21.4. The number of hydrogen-bond acceptors (Lipinski definition) is 2. The third kappa shape index (κ3) is 3.38. The lowest BCUT2D eigenvalue weighted by Crippen LogP contribution is -2.20. The first kappa shape index (κ1) is 12.2. The first-order chi connectivity index (χ1) is 7.50. The van der Waals surface area contributed by atoms with Crippen molar-refractivity contribution >= 4 is 11.9 Å². The summed E-state index contributed by atoms with van der Waals surface area (Å²) >= 11 is 0. The van der Waals surface area contributed by atoms with Gasteiger partial charge in [-0.15, -0.1) is 0 Å². The Morgan fingerprint density at radius 1 is 1.25 bits per heavy atom. The molecule has 2 N–H and O–H groups in total. The maximum atomic E-state index is 10.9. The van der Waals surface area contributed by atoms with Crippen LogP contribution in [0.3, 0.4) is 0 Å². The summed E-state index contributed by atoms with van der Waals surface area (Å²) in [5.41, 5.74) is 1.87. The van der Waals surface area contributed by atoms with Gasteiger partial charge in [-0.1, -0.05) is 24.3 Å². The Kier molecular flexibility index (Phi) is 4.05. The normalized spacial score (nSPS) is 12.1. The molecule has 86 valence electrons. The molecule has 0 aromatic heterocycles. The van der Waals surface area contributed by atoms with Crippen molar-refractivity contribution in [3.8, 4) is 0 Å². The Balaban J connectivity index is 2.80. The van der Waals surface area contributed by atoms with E-state index in [-0.39, 0.29) is 12.8 Å². The molecule has 0 aliphatic heterocycles. The molecule has 0 amide bonds. The van der Waals surface area contributed by atoms with Crippen LogP contribution in [-0.4, -0.2) is 22.2 Å². The van der Waals surface area contributed by atoms with Crippen molar-refractivity contribution in [2.24, 2.45) is 5.92 Å². The Labute approximate surface area is 93.5 Å². The van der Waals surface area contributed by atoms with E-state index in [9.17, 15) is 9.59 Å². The van der Waals surface area contributed by atoms with Crippen molar-refractivity contribution in [1.82, 2.24) is 0 Å². The van der Waals surface area contributed by atoms with Gasteiger partial charge in [-0.25, -0.2) is 0 Å². The summed E-state index contributed by atoms with van der Waals surface area (Å²) in [7, 11) is 0. The van der Waals surface area contributed by atoms with Gasteiger partial charge < -0.3 is 10.2 Å². The maximum absolute atomic E-state index is 10.9. The molecule has 0 aliphatic carbocycles. The zero-order valence-electron chi connectivity index (χ0n) is 9.01. The molecule has 0 heterocycles. The Morgan fingerprint density at radius 2 is 1.88 bits per heavy atom. The van der Waals surface area contributed by atoms with E-state index in [1.807, 2.05) is 31.2 Å². The van der Waals surface area contributed by atoms with Crippen molar-refractivity contribution in [3.63, 3.8) is 0 Å². The molecule has 0 unspecified atom stereocenters. The van der Waals surface area contributed by atoms with Gasteiger partial charge in [-0.2, -0.15) is 0 Å². The number of carboxylic acid groups (broad SMARTS) is 2. The predicted molar refractivity (Wildman–Crippen MR) is 58.3 cm³/mol. The number of hydrogen-bond donors (Lipinski definition) is 2. The van der Waals surface area contributed by atoms with Crippen molar-refractivity contribution in [2.75, 3.05) is 0 Å². The molecule has 0 saturated heterocycles. The third-order valence-corrected chi connectivity index (χ3v) is 2.50. The molecule has 0 radical (unpaired) electrons. The highest BCUT2D eigenvalue weighted by molar-refractivity contribution is 5.78. The van der Waals surface area contributed by atoms with E-state index in [4.69, 9.17) is 10.2 Å². The van der Waals surface area contributed by atoms with E-state index in [2.05, 4.69) is 0 Å². The molecule has 0 spiro atoms. The molecule has 1 rings (SSSR count). The summed E-state index contributed by atoms with van der Waals surface area (Å²) in [6.07, 6.45) is -0.0853.